The van der Waals surface area contributed by atoms with Crippen molar-refractivity contribution in [2.45, 2.75) is 38.1 Å². The van der Waals surface area contributed by atoms with E-state index in [1.807, 2.05) is 23.1 Å². The molecule has 0 atom stereocenters. The minimum absolute atomic E-state index is 0.00418. The Bertz CT molecular complexity index is 816. The van der Waals surface area contributed by atoms with Crippen molar-refractivity contribution in [1.29, 1.82) is 0 Å². The van der Waals surface area contributed by atoms with Crippen LogP contribution in [0.25, 0.3) is 11.0 Å². The van der Waals surface area contributed by atoms with Gasteiger partial charge in [0.1, 0.15) is 11.3 Å². The lowest BCUT2D eigenvalue weighted by molar-refractivity contribution is -0.133. The number of ether oxygens (including phenoxy) is 1. The summed E-state index contributed by atoms with van der Waals surface area (Å²) in [4.78, 5) is 26.5. The summed E-state index contributed by atoms with van der Waals surface area (Å²) in [6.07, 6.45) is 5.67. The van der Waals surface area contributed by atoms with Gasteiger partial charge in [-0.1, -0.05) is 0 Å². The van der Waals surface area contributed by atoms with Crippen LogP contribution >= 0.6 is 0 Å². The molecule has 26 heavy (non-hydrogen) atoms. The average molecular weight is 356 g/mol. The lowest BCUT2D eigenvalue weighted by Crippen LogP contribution is -2.47. The first-order chi connectivity index (χ1) is 12.6. The van der Waals surface area contributed by atoms with E-state index >= 15 is 0 Å². The van der Waals surface area contributed by atoms with E-state index in [4.69, 9.17) is 9.15 Å². The van der Waals surface area contributed by atoms with Gasteiger partial charge in [0, 0.05) is 42.1 Å². The van der Waals surface area contributed by atoms with Gasteiger partial charge in [0.2, 0.25) is 11.8 Å². The minimum atomic E-state index is -0.00418. The molecule has 0 radical (unpaired) electrons. The second-order valence-corrected chi connectivity index (χ2v) is 7.24. The third kappa shape index (κ3) is 3.54. The number of methoxy groups -OCH3 is 1. The number of fused-ring (bicyclic) bond motifs is 1. The van der Waals surface area contributed by atoms with Crippen molar-refractivity contribution in [2.75, 3.05) is 20.2 Å². The third-order valence-electron chi connectivity index (χ3n) is 5.31. The standard InChI is InChI=1S/C20H24N2O4/c1-25-16-4-5-17-14(12-26-18(17)11-16)10-19(23)21-15-6-8-22(9-7-15)20(24)13-2-3-13/h4-5,11-13,15H,2-3,6-10H2,1H3,(H,21,23). The lowest BCUT2D eigenvalue weighted by Gasteiger charge is -2.32. The molecule has 2 amide bonds. The predicted molar refractivity (Wildman–Crippen MR) is 96.9 cm³/mol. The van der Waals surface area contributed by atoms with Gasteiger partial charge in [-0.2, -0.15) is 0 Å². The zero-order valence-electron chi connectivity index (χ0n) is 15.0. The van der Waals surface area contributed by atoms with Crippen LogP contribution in [0.4, 0.5) is 0 Å². The summed E-state index contributed by atoms with van der Waals surface area (Å²) in [5, 5.41) is 4.04. The number of piperidine rings is 1. The van der Waals surface area contributed by atoms with Gasteiger partial charge >= 0.3 is 0 Å². The zero-order chi connectivity index (χ0) is 18.1. The van der Waals surface area contributed by atoms with E-state index in [1.54, 1.807) is 13.4 Å². The number of likely N-dealkylation sites (tertiary alicyclic amines) is 1. The maximum Gasteiger partial charge on any atom is 0.225 e. The fraction of sp³-hybridized carbons (Fsp3) is 0.500. The molecule has 0 unspecified atom stereocenters. The van der Waals surface area contributed by atoms with E-state index in [0.29, 0.717) is 12.3 Å². The molecular weight excluding hydrogens is 332 g/mol. The van der Waals surface area contributed by atoms with Crippen molar-refractivity contribution in [1.82, 2.24) is 10.2 Å². The van der Waals surface area contributed by atoms with Gasteiger partial charge < -0.3 is 19.4 Å². The first kappa shape index (κ1) is 16.9. The van der Waals surface area contributed by atoms with E-state index in [1.165, 1.54) is 0 Å². The summed E-state index contributed by atoms with van der Waals surface area (Å²) in [5.74, 6) is 1.30. The van der Waals surface area contributed by atoms with E-state index in [0.717, 1.165) is 61.1 Å². The van der Waals surface area contributed by atoms with Crippen molar-refractivity contribution in [2.24, 2.45) is 5.92 Å². The summed E-state index contributed by atoms with van der Waals surface area (Å²) in [7, 11) is 1.61. The number of hydrogen-bond donors (Lipinski definition) is 1. The number of nitrogens with one attached hydrogen (secondary N) is 1. The SMILES string of the molecule is COc1ccc2c(CC(=O)NC3CCN(C(=O)C4CC4)CC3)coc2c1. The summed E-state index contributed by atoms with van der Waals surface area (Å²) < 4.78 is 10.7. The van der Waals surface area contributed by atoms with Crippen molar-refractivity contribution in [3.05, 3.63) is 30.0 Å². The highest BCUT2D eigenvalue weighted by molar-refractivity contribution is 5.88. The Morgan fingerprint density at radius 2 is 2.00 bits per heavy atom. The molecule has 6 nitrogen and oxygen atoms in total. The fourth-order valence-corrected chi connectivity index (χ4v) is 3.61. The monoisotopic (exact) mass is 356 g/mol. The van der Waals surface area contributed by atoms with Crippen LogP contribution in [0.5, 0.6) is 5.75 Å². The van der Waals surface area contributed by atoms with E-state index < -0.39 is 0 Å². The fourth-order valence-electron chi connectivity index (χ4n) is 3.61. The maximum atomic E-state index is 12.4. The molecule has 0 bridgehead atoms. The number of carbonyl (C=O) groups excluding carboxylic acids is 2. The van der Waals surface area contributed by atoms with Crippen LogP contribution in [-0.2, 0) is 16.0 Å². The molecule has 6 heteroatoms. The first-order valence-corrected chi connectivity index (χ1v) is 9.26. The smallest absolute Gasteiger partial charge is 0.225 e. The summed E-state index contributed by atoms with van der Waals surface area (Å²) in [5.41, 5.74) is 1.60. The Kier molecular flexibility index (Phi) is 4.57. The Hall–Kier alpha value is -2.50. The first-order valence-electron chi connectivity index (χ1n) is 9.26. The molecule has 4 rings (SSSR count). The van der Waals surface area contributed by atoms with Crippen LogP contribution in [0.2, 0.25) is 0 Å². The molecule has 0 spiro atoms. The third-order valence-corrected chi connectivity index (χ3v) is 5.31. The van der Waals surface area contributed by atoms with Crippen LogP contribution in [0.1, 0.15) is 31.2 Å². The summed E-state index contributed by atoms with van der Waals surface area (Å²) in [6.45, 7) is 1.49. The van der Waals surface area contributed by atoms with E-state index in [2.05, 4.69) is 5.32 Å². The van der Waals surface area contributed by atoms with Crippen LogP contribution in [0.3, 0.4) is 0 Å². The lowest BCUT2D eigenvalue weighted by atomic mass is 10.0. The molecule has 2 heterocycles. The van der Waals surface area contributed by atoms with Crippen molar-refractivity contribution < 1.29 is 18.7 Å². The molecule has 2 aliphatic rings. The topological polar surface area (TPSA) is 71.8 Å². The van der Waals surface area contributed by atoms with Crippen LogP contribution in [-0.4, -0.2) is 43.0 Å². The number of hydrogen-bond acceptors (Lipinski definition) is 4. The molecule has 1 N–H and O–H groups in total. The zero-order valence-corrected chi connectivity index (χ0v) is 15.0. The minimum Gasteiger partial charge on any atom is -0.497 e. The largest absolute Gasteiger partial charge is 0.497 e. The molecule has 2 aromatic rings. The van der Waals surface area contributed by atoms with Crippen LogP contribution < -0.4 is 10.1 Å². The number of amides is 2. The Labute approximate surface area is 152 Å². The van der Waals surface area contributed by atoms with Gasteiger partial charge in [0.05, 0.1) is 19.8 Å². The van der Waals surface area contributed by atoms with E-state index in [9.17, 15) is 9.59 Å². The van der Waals surface area contributed by atoms with Gasteiger partial charge in [0.15, 0.2) is 0 Å². The molecule has 138 valence electrons. The van der Waals surface area contributed by atoms with Gasteiger partial charge in [0.25, 0.3) is 0 Å². The summed E-state index contributed by atoms with van der Waals surface area (Å²) >= 11 is 0. The Balaban J connectivity index is 1.31. The van der Waals surface area contributed by atoms with Gasteiger partial charge in [-0.3, -0.25) is 9.59 Å². The normalized spacial score (nSPS) is 18.1. The molecular formula is C20H24N2O4. The highest BCUT2D eigenvalue weighted by Gasteiger charge is 2.35. The van der Waals surface area contributed by atoms with Crippen LogP contribution in [0, 0.1) is 5.92 Å². The van der Waals surface area contributed by atoms with Crippen molar-refractivity contribution >= 4 is 22.8 Å². The van der Waals surface area contributed by atoms with Crippen molar-refractivity contribution in [3.8, 4) is 5.75 Å². The maximum absolute atomic E-state index is 12.4. The summed E-state index contributed by atoms with van der Waals surface area (Å²) in [6, 6.07) is 5.75. The number of furan rings is 1. The van der Waals surface area contributed by atoms with Gasteiger partial charge in [-0.15, -0.1) is 0 Å². The molecule has 1 aromatic carbocycles. The number of rotatable bonds is 5. The van der Waals surface area contributed by atoms with Crippen molar-refractivity contribution in [3.63, 3.8) is 0 Å². The quantitative estimate of drug-likeness (QED) is 0.893. The Morgan fingerprint density at radius 3 is 2.69 bits per heavy atom. The average Bonchev–Trinajstić information content (AvgIpc) is 3.44. The molecule has 1 aliphatic heterocycles. The molecule has 2 fully saturated rings. The number of nitrogens with zero attached hydrogens (tertiary/aromatic N) is 1. The predicted octanol–water partition coefficient (Wildman–Crippen LogP) is 2.50. The number of benzene rings is 1. The highest BCUT2D eigenvalue weighted by Crippen LogP contribution is 2.32. The number of carbonyl (C=O) groups is 2. The van der Waals surface area contributed by atoms with Gasteiger partial charge in [-0.05, 0) is 37.8 Å². The molecule has 1 saturated carbocycles. The second-order valence-electron chi connectivity index (χ2n) is 7.24. The van der Waals surface area contributed by atoms with Gasteiger partial charge in [-0.25, -0.2) is 0 Å². The molecule has 1 aromatic heterocycles. The Morgan fingerprint density at radius 1 is 1.23 bits per heavy atom. The highest BCUT2D eigenvalue weighted by atomic mass is 16.5. The molecule has 1 saturated heterocycles. The second kappa shape index (κ2) is 7.02. The van der Waals surface area contributed by atoms with E-state index in [-0.39, 0.29) is 17.9 Å². The van der Waals surface area contributed by atoms with Crippen LogP contribution in [0.15, 0.2) is 28.9 Å². The molecule has 1 aliphatic carbocycles.